The van der Waals surface area contributed by atoms with E-state index in [9.17, 15) is 9.18 Å². The highest BCUT2D eigenvalue weighted by Crippen LogP contribution is 2.53. The molecule has 120 valence electrons. The minimum atomic E-state index is -0.659. The molecule has 1 saturated carbocycles. The summed E-state index contributed by atoms with van der Waals surface area (Å²) in [6.07, 6.45) is 5.40. The molecule has 0 unspecified atom stereocenters. The van der Waals surface area contributed by atoms with Crippen LogP contribution < -0.4 is 4.90 Å². The van der Waals surface area contributed by atoms with Gasteiger partial charge in [-0.15, -0.1) is 0 Å². The van der Waals surface area contributed by atoms with Gasteiger partial charge in [0, 0.05) is 30.4 Å². The molecule has 2 fully saturated rings. The Morgan fingerprint density at radius 2 is 2.00 bits per heavy atom. The largest absolute Gasteiger partial charge is 0.481 e. The number of carboxylic acid groups (broad SMARTS) is 1. The van der Waals surface area contributed by atoms with Crippen molar-refractivity contribution in [2.75, 3.05) is 18.0 Å². The van der Waals surface area contributed by atoms with E-state index >= 15 is 0 Å². The van der Waals surface area contributed by atoms with Crippen LogP contribution in [0.4, 0.5) is 10.1 Å². The Morgan fingerprint density at radius 1 is 1.26 bits per heavy atom. The first-order chi connectivity index (χ1) is 11.1. The normalized spacial score (nSPS) is 20.7. The average molecular weight is 314 g/mol. The molecule has 2 aliphatic rings. The van der Waals surface area contributed by atoms with Crippen molar-refractivity contribution >= 4 is 22.6 Å². The van der Waals surface area contributed by atoms with Crippen LogP contribution in [-0.4, -0.2) is 29.1 Å². The molecule has 2 aromatic rings. The minimum Gasteiger partial charge on any atom is -0.481 e. The summed E-state index contributed by atoms with van der Waals surface area (Å²) in [6, 6.07) is 6.64. The third kappa shape index (κ3) is 2.44. The zero-order valence-electron chi connectivity index (χ0n) is 12.8. The second-order valence-corrected chi connectivity index (χ2v) is 6.92. The zero-order chi connectivity index (χ0) is 16.0. The number of nitrogens with zero attached hydrogens (tertiary/aromatic N) is 2. The molecule has 0 amide bonds. The van der Waals surface area contributed by atoms with Crippen molar-refractivity contribution in [1.82, 2.24) is 4.98 Å². The molecule has 23 heavy (non-hydrogen) atoms. The van der Waals surface area contributed by atoms with E-state index < -0.39 is 5.97 Å². The van der Waals surface area contributed by atoms with Crippen molar-refractivity contribution in [3.05, 3.63) is 36.3 Å². The van der Waals surface area contributed by atoms with Gasteiger partial charge in [-0.3, -0.25) is 9.78 Å². The van der Waals surface area contributed by atoms with Crippen molar-refractivity contribution in [2.45, 2.75) is 25.7 Å². The lowest BCUT2D eigenvalue weighted by Gasteiger charge is -2.51. The Kier molecular flexibility index (Phi) is 3.25. The highest BCUT2D eigenvalue weighted by molar-refractivity contribution is 5.91. The second kappa shape index (κ2) is 5.18. The molecule has 1 saturated heterocycles. The van der Waals surface area contributed by atoms with Crippen LogP contribution in [0.1, 0.15) is 25.7 Å². The van der Waals surface area contributed by atoms with E-state index in [2.05, 4.69) is 9.88 Å². The Bertz CT molecular complexity index is 761. The van der Waals surface area contributed by atoms with E-state index in [0.29, 0.717) is 0 Å². The van der Waals surface area contributed by atoms with E-state index in [1.807, 2.05) is 6.07 Å². The van der Waals surface area contributed by atoms with Gasteiger partial charge in [0.05, 0.1) is 11.4 Å². The summed E-state index contributed by atoms with van der Waals surface area (Å²) in [5.74, 6) is -1.06. The number of pyridine rings is 1. The molecule has 1 N–H and O–H groups in total. The molecule has 1 aliphatic carbocycles. The van der Waals surface area contributed by atoms with Crippen LogP contribution in [0.15, 0.2) is 30.5 Å². The van der Waals surface area contributed by atoms with Crippen LogP contribution >= 0.6 is 0 Å². The summed E-state index contributed by atoms with van der Waals surface area (Å²) < 4.78 is 13.6. The number of hydrogen-bond donors (Lipinski definition) is 1. The fourth-order valence-electron chi connectivity index (χ4n) is 4.17. The number of carbonyl (C=O) groups is 1. The van der Waals surface area contributed by atoms with Gasteiger partial charge in [-0.1, -0.05) is 0 Å². The lowest BCUT2D eigenvalue weighted by Crippen LogP contribution is -2.49. The number of fused-ring (bicyclic) bond motifs is 1. The van der Waals surface area contributed by atoms with Crippen molar-refractivity contribution in [2.24, 2.45) is 11.3 Å². The molecule has 1 aliphatic heterocycles. The summed E-state index contributed by atoms with van der Waals surface area (Å²) in [6.45, 7) is 1.78. The lowest BCUT2D eigenvalue weighted by molar-refractivity contribution is -0.151. The molecule has 2 heterocycles. The predicted octanol–water partition coefficient (Wildman–Crippen LogP) is 3.46. The third-order valence-corrected chi connectivity index (χ3v) is 5.55. The molecular weight excluding hydrogens is 295 g/mol. The Balaban J connectivity index is 1.53. The molecule has 5 heteroatoms. The minimum absolute atomic E-state index is 0.155. The summed E-state index contributed by atoms with van der Waals surface area (Å²) >= 11 is 0. The molecule has 0 atom stereocenters. The van der Waals surface area contributed by atoms with Gasteiger partial charge in [0.15, 0.2) is 0 Å². The van der Waals surface area contributed by atoms with Crippen molar-refractivity contribution in [1.29, 1.82) is 0 Å². The Hall–Kier alpha value is -2.17. The SMILES string of the molecule is O=C(O)C1CC2(CCN(c3ccnc4ccc(F)cc34)CC2)C1. The molecular formula is C18H19FN2O2. The maximum absolute atomic E-state index is 13.6. The molecule has 1 aromatic carbocycles. The van der Waals surface area contributed by atoms with Gasteiger partial charge in [-0.05, 0) is 55.4 Å². The molecule has 0 bridgehead atoms. The summed E-state index contributed by atoms with van der Waals surface area (Å²) in [5, 5.41) is 9.92. The maximum Gasteiger partial charge on any atom is 0.306 e. The van der Waals surface area contributed by atoms with Crippen molar-refractivity contribution < 1.29 is 14.3 Å². The molecule has 1 aromatic heterocycles. The zero-order valence-corrected chi connectivity index (χ0v) is 12.8. The predicted molar refractivity (Wildman–Crippen MR) is 85.9 cm³/mol. The number of aliphatic carboxylic acids is 1. The number of halogens is 1. The van der Waals surface area contributed by atoms with Crippen LogP contribution in [0.25, 0.3) is 10.9 Å². The maximum atomic E-state index is 13.6. The third-order valence-electron chi connectivity index (χ3n) is 5.55. The lowest BCUT2D eigenvalue weighted by atomic mass is 9.57. The first-order valence-corrected chi connectivity index (χ1v) is 8.08. The summed E-state index contributed by atoms with van der Waals surface area (Å²) in [7, 11) is 0. The molecule has 1 spiro atoms. The quantitative estimate of drug-likeness (QED) is 0.922. The van der Waals surface area contributed by atoms with E-state index in [1.54, 1.807) is 18.3 Å². The number of piperidine rings is 1. The second-order valence-electron chi connectivity index (χ2n) is 6.92. The van der Waals surface area contributed by atoms with Gasteiger partial charge >= 0.3 is 5.97 Å². The topological polar surface area (TPSA) is 53.4 Å². The van der Waals surface area contributed by atoms with Gasteiger partial charge in [0.2, 0.25) is 0 Å². The molecule has 0 radical (unpaired) electrons. The summed E-state index contributed by atoms with van der Waals surface area (Å²) in [4.78, 5) is 17.6. The smallest absolute Gasteiger partial charge is 0.306 e. The molecule has 4 rings (SSSR count). The average Bonchev–Trinajstić information content (AvgIpc) is 2.52. The standard InChI is InChI=1S/C18H19FN2O2/c19-13-1-2-15-14(9-13)16(3-6-20-15)21-7-4-18(5-8-21)10-12(11-18)17(22)23/h1-3,6,9,12H,4-5,7-8,10-11H2,(H,22,23). The van der Waals surface area contributed by atoms with E-state index in [1.165, 1.54) is 6.07 Å². The van der Waals surface area contributed by atoms with Crippen LogP contribution in [-0.2, 0) is 4.79 Å². The number of rotatable bonds is 2. The molecule has 4 nitrogen and oxygen atoms in total. The van der Waals surface area contributed by atoms with Gasteiger partial charge in [-0.2, -0.15) is 0 Å². The fraction of sp³-hybridized carbons (Fsp3) is 0.444. The Labute approximate surface area is 133 Å². The van der Waals surface area contributed by atoms with Crippen LogP contribution in [0.5, 0.6) is 0 Å². The highest BCUT2D eigenvalue weighted by atomic mass is 19.1. The number of anilines is 1. The van der Waals surface area contributed by atoms with E-state index in [4.69, 9.17) is 5.11 Å². The van der Waals surface area contributed by atoms with E-state index in [-0.39, 0.29) is 17.2 Å². The first kappa shape index (κ1) is 14.4. The number of benzene rings is 1. The van der Waals surface area contributed by atoms with Crippen molar-refractivity contribution in [3.8, 4) is 0 Å². The fourth-order valence-corrected chi connectivity index (χ4v) is 4.17. The number of hydrogen-bond acceptors (Lipinski definition) is 3. The monoisotopic (exact) mass is 314 g/mol. The van der Waals surface area contributed by atoms with Crippen molar-refractivity contribution in [3.63, 3.8) is 0 Å². The number of aromatic nitrogens is 1. The van der Waals surface area contributed by atoms with Gasteiger partial charge in [0.1, 0.15) is 5.82 Å². The Morgan fingerprint density at radius 3 is 2.70 bits per heavy atom. The van der Waals surface area contributed by atoms with Crippen LogP contribution in [0.3, 0.4) is 0 Å². The van der Waals surface area contributed by atoms with Gasteiger partial charge < -0.3 is 10.0 Å². The number of carboxylic acids is 1. The summed E-state index contributed by atoms with van der Waals surface area (Å²) in [5.41, 5.74) is 2.05. The van der Waals surface area contributed by atoms with Gasteiger partial charge in [0.25, 0.3) is 0 Å². The van der Waals surface area contributed by atoms with Gasteiger partial charge in [-0.25, -0.2) is 4.39 Å². The first-order valence-electron chi connectivity index (χ1n) is 8.08. The van der Waals surface area contributed by atoms with Crippen LogP contribution in [0.2, 0.25) is 0 Å². The van der Waals surface area contributed by atoms with E-state index in [0.717, 1.165) is 55.4 Å². The highest BCUT2D eigenvalue weighted by Gasteiger charge is 2.48. The van der Waals surface area contributed by atoms with Crippen LogP contribution in [0, 0.1) is 17.2 Å².